The molecule has 29 heavy (non-hydrogen) atoms. The van der Waals surface area contributed by atoms with Crippen LogP contribution < -0.4 is 5.32 Å². The second-order valence-electron chi connectivity index (χ2n) is 7.09. The molecular weight excluding hydrogens is 384 g/mol. The monoisotopic (exact) mass is 406 g/mol. The molecule has 1 aliphatic heterocycles. The van der Waals surface area contributed by atoms with Gasteiger partial charge in [0.1, 0.15) is 11.1 Å². The molecule has 0 spiro atoms. The highest BCUT2D eigenvalue weighted by Crippen LogP contribution is 2.39. The summed E-state index contributed by atoms with van der Waals surface area (Å²) in [5, 5.41) is 2.90. The molecule has 1 aromatic heterocycles. The number of hydrogen-bond donors (Lipinski definition) is 1. The lowest BCUT2D eigenvalue weighted by Gasteiger charge is -2.23. The van der Waals surface area contributed by atoms with E-state index >= 15 is 0 Å². The maximum atomic E-state index is 12.6. The van der Waals surface area contributed by atoms with Crippen molar-refractivity contribution < 1.29 is 14.0 Å². The Morgan fingerprint density at radius 3 is 2.66 bits per heavy atom. The van der Waals surface area contributed by atoms with Gasteiger partial charge in [-0.25, -0.2) is 0 Å². The van der Waals surface area contributed by atoms with Gasteiger partial charge in [0.2, 0.25) is 5.91 Å². The molecule has 3 aromatic rings. The Hall–Kier alpha value is -2.99. The topological polar surface area (TPSA) is 62.6 Å². The molecular formula is C23H22N2O3S. The lowest BCUT2D eigenvalue weighted by Crippen LogP contribution is -2.27. The highest BCUT2D eigenvalue weighted by molar-refractivity contribution is 8.00. The number of carbonyl (C=O) groups is 2. The molecule has 2 aromatic carbocycles. The molecule has 1 atom stereocenters. The molecule has 1 fully saturated rings. The van der Waals surface area contributed by atoms with Crippen molar-refractivity contribution >= 4 is 29.3 Å². The maximum absolute atomic E-state index is 12.6. The van der Waals surface area contributed by atoms with E-state index in [9.17, 15) is 9.59 Å². The van der Waals surface area contributed by atoms with Crippen LogP contribution in [0.15, 0.2) is 65.3 Å². The van der Waals surface area contributed by atoms with Crippen LogP contribution in [0.1, 0.15) is 38.2 Å². The van der Waals surface area contributed by atoms with Gasteiger partial charge in [0, 0.05) is 11.3 Å². The fourth-order valence-corrected chi connectivity index (χ4v) is 4.54. The normalized spacial score (nSPS) is 16.3. The van der Waals surface area contributed by atoms with Gasteiger partial charge in [-0.3, -0.25) is 9.59 Å². The Morgan fingerprint density at radius 1 is 1.14 bits per heavy atom. The first kappa shape index (κ1) is 19.3. The summed E-state index contributed by atoms with van der Waals surface area (Å²) in [5.41, 5.74) is 4.60. The third-order valence-electron chi connectivity index (χ3n) is 5.19. The minimum Gasteiger partial charge on any atom is -0.467 e. The predicted octanol–water partition coefficient (Wildman–Crippen LogP) is 4.92. The average Bonchev–Trinajstić information content (AvgIpc) is 3.36. The highest BCUT2D eigenvalue weighted by Gasteiger charge is 2.33. The van der Waals surface area contributed by atoms with Gasteiger partial charge >= 0.3 is 0 Å². The Kier molecular flexibility index (Phi) is 5.45. The van der Waals surface area contributed by atoms with E-state index in [1.807, 2.05) is 73.3 Å². The lowest BCUT2D eigenvalue weighted by molar-refractivity contribution is -0.128. The molecule has 1 unspecified atom stereocenters. The van der Waals surface area contributed by atoms with Crippen LogP contribution in [0.5, 0.6) is 0 Å². The average molecular weight is 407 g/mol. The summed E-state index contributed by atoms with van der Waals surface area (Å²) in [5.74, 6) is 1.15. The first-order valence-electron chi connectivity index (χ1n) is 9.44. The quantitative estimate of drug-likeness (QED) is 0.653. The van der Waals surface area contributed by atoms with E-state index in [0.29, 0.717) is 17.9 Å². The van der Waals surface area contributed by atoms with Gasteiger partial charge in [0.05, 0.1) is 18.6 Å². The van der Waals surface area contributed by atoms with E-state index in [0.717, 1.165) is 28.1 Å². The fraction of sp³-hybridized carbons (Fsp3) is 0.217. The van der Waals surface area contributed by atoms with Gasteiger partial charge in [-0.2, -0.15) is 0 Å². The van der Waals surface area contributed by atoms with Gasteiger partial charge in [-0.05, 0) is 60.9 Å². The zero-order valence-corrected chi connectivity index (χ0v) is 17.2. The second kappa shape index (κ2) is 8.17. The number of aryl methyl sites for hydroxylation is 1. The van der Waals surface area contributed by atoms with Crippen molar-refractivity contribution in [3.8, 4) is 0 Å². The van der Waals surface area contributed by atoms with Crippen molar-refractivity contribution in [2.24, 2.45) is 0 Å². The molecule has 0 bridgehead atoms. The summed E-state index contributed by atoms with van der Waals surface area (Å²) in [6, 6.07) is 17.0. The van der Waals surface area contributed by atoms with Crippen LogP contribution >= 0.6 is 11.8 Å². The number of thioether (sulfide) groups is 1. The van der Waals surface area contributed by atoms with E-state index < -0.39 is 0 Å². The summed E-state index contributed by atoms with van der Waals surface area (Å²) in [6.07, 6.45) is 1.61. The number of amides is 2. The largest absolute Gasteiger partial charge is 0.467 e. The van der Waals surface area contributed by atoms with Crippen LogP contribution in [-0.2, 0) is 11.3 Å². The zero-order valence-electron chi connectivity index (χ0n) is 16.3. The number of rotatable bonds is 5. The van der Waals surface area contributed by atoms with Crippen LogP contribution in [0.4, 0.5) is 5.69 Å². The number of carbonyl (C=O) groups excluding carboxylic acids is 2. The van der Waals surface area contributed by atoms with Crippen molar-refractivity contribution in [2.75, 3.05) is 11.1 Å². The maximum Gasteiger partial charge on any atom is 0.255 e. The molecule has 5 nitrogen and oxygen atoms in total. The lowest BCUT2D eigenvalue weighted by atomic mass is 10.1. The summed E-state index contributed by atoms with van der Waals surface area (Å²) >= 11 is 1.59. The zero-order chi connectivity index (χ0) is 20.4. The van der Waals surface area contributed by atoms with Gasteiger partial charge < -0.3 is 14.6 Å². The van der Waals surface area contributed by atoms with Crippen LogP contribution in [-0.4, -0.2) is 22.5 Å². The molecule has 4 rings (SSSR count). The van der Waals surface area contributed by atoms with Crippen LogP contribution in [0.3, 0.4) is 0 Å². The molecule has 0 aliphatic carbocycles. The van der Waals surface area contributed by atoms with Crippen LogP contribution in [0.2, 0.25) is 0 Å². The van der Waals surface area contributed by atoms with E-state index in [2.05, 4.69) is 5.32 Å². The third-order valence-corrected chi connectivity index (χ3v) is 6.44. The minimum atomic E-state index is -0.146. The van der Waals surface area contributed by atoms with Gasteiger partial charge in [0.25, 0.3) is 5.91 Å². The Labute approximate surface area is 174 Å². The number of furan rings is 1. The number of anilines is 1. The molecule has 0 radical (unpaired) electrons. The van der Waals surface area contributed by atoms with Crippen molar-refractivity contribution in [2.45, 2.75) is 25.8 Å². The summed E-state index contributed by atoms with van der Waals surface area (Å²) < 4.78 is 5.40. The Morgan fingerprint density at radius 2 is 1.93 bits per heavy atom. The number of nitrogens with zero attached hydrogens (tertiary/aromatic N) is 1. The van der Waals surface area contributed by atoms with Gasteiger partial charge in [-0.1, -0.05) is 24.3 Å². The number of benzene rings is 2. The fourth-order valence-electron chi connectivity index (χ4n) is 3.35. The first-order valence-corrected chi connectivity index (χ1v) is 10.5. The number of nitrogens with one attached hydrogen (secondary N) is 1. The summed E-state index contributed by atoms with van der Waals surface area (Å²) in [6.45, 7) is 4.46. The Bertz CT molecular complexity index is 1030. The van der Waals surface area contributed by atoms with E-state index in [1.165, 1.54) is 0 Å². The molecule has 1 saturated heterocycles. The number of hydrogen-bond acceptors (Lipinski definition) is 4. The Balaban J connectivity index is 1.49. The third kappa shape index (κ3) is 4.07. The highest BCUT2D eigenvalue weighted by atomic mass is 32.2. The molecule has 2 heterocycles. The van der Waals surface area contributed by atoms with Crippen LogP contribution in [0, 0.1) is 13.8 Å². The van der Waals surface area contributed by atoms with Gasteiger partial charge in [-0.15, -0.1) is 11.8 Å². The smallest absolute Gasteiger partial charge is 0.255 e. The van der Waals surface area contributed by atoms with Gasteiger partial charge in [0.15, 0.2) is 0 Å². The van der Waals surface area contributed by atoms with Crippen molar-refractivity contribution in [1.82, 2.24) is 4.90 Å². The predicted molar refractivity (Wildman–Crippen MR) is 115 cm³/mol. The standard InChI is InChI=1S/C23H22N2O3S/c1-15-5-3-7-20(16(15)2)24-22(27)17-8-10-18(11-9-17)23-25(21(26)14-29-23)13-19-6-4-12-28-19/h3-12,23H,13-14H2,1-2H3,(H,24,27). The summed E-state index contributed by atoms with van der Waals surface area (Å²) in [4.78, 5) is 26.8. The SMILES string of the molecule is Cc1cccc(NC(=O)c2ccc(C3SCC(=O)N3Cc3ccco3)cc2)c1C. The molecule has 2 amide bonds. The second-order valence-corrected chi connectivity index (χ2v) is 8.16. The molecule has 1 aliphatic rings. The summed E-state index contributed by atoms with van der Waals surface area (Å²) in [7, 11) is 0. The molecule has 0 saturated carbocycles. The molecule has 1 N–H and O–H groups in total. The van der Waals surface area contributed by atoms with Crippen LogP contribution in [0.25, 0.3) is 0 Å². The van der Waals surface area contributed by atoms with Crippen molar-refractivity contribution in [3.63, 3.8) is 0 Å². The van der Waals surface area contributed by atoms with E-state index in [-0.39, 0.29) is 17.2 Å². The first-order chi connectivity index (χ1) is 14.0. The molecule has 148 valence electrons. The van der Waals surface area contributed by atoms with Crippen molar-refractivity contribution in [1.29, 1.82) is 0 Å². The molecule has 6 heteroatoms. The van der Waals surface area contributed by atoms with E-state index in [4.69, 9.17) is 4.42 Å². The minimum absolute atomic E-state index is 0.0799. The van der Waals surface area contributed by atoms with Crippen molar-refractivity contribution in [3.05, 3.63) is 88.9 Å². The van der Waals surface area contributed by atoms with E-state index in [1.54, 1.807) is 18.0 Å².